The minimum Gasteiger partial charge on any atom is -0.457 e. The predicted molar refractivity (Wildman–Crippen MR) is 83.8 cm³/mol. The monoisotopic (exact) mass is 293 g/mol. The number of rotatable bonds is 3. The number of hydrogen-bond acceptors (Lipinski definition) is 3. The Labute approximate surface area is 127 Å². The molecule has 0 aliphatic carbocycles. The van der Waals surface area contributed by atoms with Crippen LogP contribution in [0, 0.1) is 0 Å². The number of nitrogens with zero attached hydrogens (tertiary/aromatic N) is 1. The second-order valence-electron chi connectivity index (χ2n) is 5.04. The summed E-state index contributed by atoms with van der Waals surface area (Å²) in [5, 5.41) is 0.837. The number of esters is 1. The van der Waals surface area contributed by atoms with Gasteiger partial charge in [-0.1, -0.05) is 30.3 Å². The lowest BCUT2D eigenvalue weighted by atomic mass is 10.1. The normalized spacial score (nSPS) is 10.6. The maximum absolute atomic E-state index is 12.1. The lowest BCUT2D eigenvalue weighted by molar-refractivity contribution is 0.0473. The van der Waals surface area contributed by atoms with Crippen LogP contribution in [-0.4, -0.2) is 16.4 Å². The Morgan fingerprint density at radius 1 is 1.05 bits per heavy atom. The molecule has 0 fully saturated rings. The van der Waals surface area contributed by atoms with Crippen molar-refractivity contribution in [3.8, 4) is 0 Å². The Kier molecular flexibility index (Phi) is 3.74. The van der Waals surface area contributed by atoms with Crippen LogP contribution < -0.4 is 0 Å². The smallest absolute Gasteiger partial charge is 0.338 e. The van der Waals surface area contributed by atoms with E-state index in [0.717, 1.165) is 16.5 Å². The standard InChI is InChI=1S/C18H15NO3/c1-13(20)19-10-9-15-11-16(7-8-17(15)19)18(21)22-12-14-5-3-2-4-6-14/h2-11H,12H2,1H3. The molecule has 0 atom stereocenters. The fourth-order valence-corrected chi connectivity index (χ4v) is 2.35. The summed E-state index contributed by atoms with van der Waals surface area (Å²) in [6.07, 6.45) is 1.70. The van der Waals surface area contributed by atoms with E-state index in [1.165, 1.54) is 6.92 Å². The molecule has 0 aliphatic rings. The van der Waals surface area contributed by atoms with Crippen molar-refractivity contribution in [2.45, 2.75) is 13.5 Å². The van der Waals surface area contributed by atoms with Crippen molar-refractivity contribution in [1.29, 1.82) is 0 Å². The van der Waals surface area contributed by atoms with Gasteiger partial charge in [-0.3, -0.25) is 9.36 Å². The van der Waals surface area contributed by atoms with Gasteiger partial charge in [0.25, 0.3) is 0 Å². The van der Waals surface area contributed by atoms with Gasteiger partial charge in [-0.05, 0) is 29.8 Å². The molecule has 0 spiro atoms. The Hall–Kier alpha value is -2.88. The molecule has 0 radical (unpaired) electrons. The van der Waals surface area contributed by atoms with Gasteiger partial charge in [0.15, 0.2) is 0 Å². The zero-order chi connectivity index (χ0) is 15.5. The maximum atomic E-state index is 12.1. The van der Waals surface area contributed by atoms with E-state index in [9.17, 15) is 9.59 Å². The Bertz CT molecular complexity index is 834. The van der Waals surface area contributed by atoms with Crippen molar-refractivity contribution >= 4 is 22.8 Å². The van der Waals surface area contributed by atoms with E-state index in [1.54, 1.807) is 29.0 Å². The van der Waals surface area contributed by atoms with Gasteiger partial charge >= 0.3 is 5.97 Å². The van der Waals surface area contributed by atoms with Crippen molar-refractivity contribution in [3.05, 3.63) is 71.9 Å². The minimum atomic E-state index is -0.374. The second kappa shape index (κ2) is 5.85. The summed E-state index contributed by atoms with van der Waals surface area (Å²) in [5.41, 5.74) is 2.21. The molecular formula is C18H15NO3. The van der Waals surface area contributed by atoms with Crippen LogP contribution in [0.15, 0.2) is 60.8 Å². The predicted octanol–water partition coefficient (Wildman–Crippen LogP) is 3.66. The van der Waals surface area contributed by atoms with Gasteiger partial charge < -0.3 is 4.74 Å². The summed E-state index contributed by atoms with van der Waals surface area (Å²) in [7, 11) is 0. The fourth-order valence-electron chi connectivity index (χ4n) is 2.35. The van der Waals surface area contributed by atoms with E-state index < -0.39 is 0 Å². The molecule has 0 saturated heterocycles. The largest absolute Gasteiger partial charge is 0.457 e. The highest BCUT2D eigenvalue weighted by atomic mass is 16.5. The van der Waals surface area contributed by atoms with Crippen LogP contribution in [0.25, 0.3) is 10.9 Å². The van der Waals surface area contributed by atoms with Gasteiger partial charge in [0.1, 0.15) is 6.61 Å². The molecule has 0 N–H and O–H groups in total. The number of ether oxygens (including phenoxy) is 1. The molecule has 4 heteroatoms. The highest BCUT2D eigenvalue weighted by molar-refractivity contribution is 5.97. The zero-order valence-corrected chi connectivity index (χ0v) is 12.2. The van der Waals surface area contributed by atoms with Crippen molar-refractivity contribution in [1.82, 2.24) is 4.57 Å². The van der Waals surface area contributed by atoms with Gasteiger partial charge in [-0.15, -0.1) is 0 Å². The van der Waals surface area contributed by atoms with E-state index in [1.807, 2.05) is 36.4 Å². The quantitative estimate of drug-likeness (QED) is 0.692. The van der Waals surface area contributed by atoms with E-state index in [0.29, 0.717) is 5.56 Å². The van der Waals surface area contributed by atoms with Crippen LogP contribution in [0.4, 0.5) is 0 Å². The Morgan fingerprint density at radius 2 is 1.82 bits per heavy atom. The molecule has 2 aromatic carbocycles. The van der Waals surface area contributed by atoms with E-state index >= 15 is 0 Å². The zero-order valence-electron chi connectivity index (χ0n) is 12.2. The summed E-state index contributed by atoms with van der Waals surface area (Å²) in [5.74, 6) is -0.435. The fraction of sp³-hybridized carbons (Fsp3) is 0.111. The molecule has 0 unspecified atom stereocenters. The number of fused-ring (bicyclic) bond motifs is 1. The van der Waals surface area contributed by atoms with Crippen LogP contribution in [0.3, 0.4) is 0 Å². The van der Waals surface area contributed by atoms with Crippen LogP contribution in [0.5, 0.6) is 0 Å². The van der Waals surface area contributed by atoms with Gasteiger partial charge in [-0.2, -0.15) is 0 Å². The van der Waals surface area contributed by atoms with Gasteiger partial charge in [0.2, 0.25) is 5.91 Å². The summed E-state index contributed by atoms with van der Waals surface area (Å²) in [6.45, 7) is 1.74. The van der Waals surface area contributed by atoms with Gasteiger partial charge in [0.05, 0.1) is 11.1 Å². The third-order valence-electron chi connectivity index (χ3n) is 3.48. The van der Waals surface area contributed by atoms with E-state index in [4.69, 9.17) is 4.74 Å². The number of carbonyl (C=O) groups excluding carboxylic acids is 2. The maximum Gasteiger partial charge on any atom is 0.338 e. The molecule has 1 aromatic heterocycles. The molecule has 110 valence electrons. The summed E-state index contributed by atoms with van der Waals surface area (Å²) in [4.78, 5) is 23.6. The van der Waals surface area contributed by atoms with E-state index in [2.05, 4.69) is 0 Å². The molecule has 22 heavy (non-hydrogen) atoms. The Balaban J connectivity index is 1.78. The van der Waals surface area contributed by atoms with Crippen LogP contribution in [0.1, 0.15) is 27.6 Å². The van der Waals surface area contributed by atoms with Gasteiger partial charge in [0, 0.05) is 18.5 Å². The lowest BCUT2D eigenvalue weighted by Crippen LogP contribution is -2.06. The lowest BCUT2D eigenvalue weighted by Gasteiger charge is -2.05. The minimum absolute atomic E-state index is 0.0607. The van der Waals surface area contributed by atoms with Crippen LogP contribution in [-0.2, 0) is 11.3 Å². The molecule has 0 bridgehead atoms. The average Bonchev–Trinajstić information content (AvgIpc) is 2.97. The molecule has 0 saturated carbocycles. The van der Waals surface area contributed by atoms with Crippen LogP contribution >= 0.6 is 0 Å². The highest BCUT2D eigenvalue weighted by Crippen LogP contribution is 2.18. The molecule has 3 rings (SSSR count). The third-order valence-corrected chi connectivity index (χ3v) is 3.48. The first-order valence-corrected chi connectivity index (χ1v) is 6.98. The number of carbonyl (C=O) groups is 2. The molecule has 1 heterocycles. The number of aromatic nitrogens is 1. The summed E-state index contributed by atoms with van der Waals surface area (Å²) < 4.78 is 6.85. The first-order valence-electron chi connectivity index (χ1n) is 6.98. The van der Waals surface area contributed by atoms with Crippen LogP contribution in [0.2, 0.25) is 0 Å². The first-order chi connectivity index (χ1) is 10.6. The van der Waals surface area contributed by atoms with E-state index in [-0.39, 0.29) is 18.5 Å². The summed E-state index contributed by atoms with van der Waals surface area (Å²) >= 11 is 0. The van der Waals surface area contributed by atoms with Crippen molar-refractivity contribution < 1.29 is 14.3 Å². The Morgan fingerprint density at radius 3 is 2.55 bits per heavy atom. The average molecular weight is 293 g/mol. The molecular weight excluding hydrogens is 278 g/mol. The highest BCUT2D eigenvalue weighted by Gasteiger charge is 2.11. The van der Waals surface area contributed by atoms with Gasteiger partial charge in [-0.25, -0.2) is 4.79 Å². The molecule has 0 amide bonds. The number of benzene rings is 2. The third kappa shape index (κ3) is 2.76. The van der Waals surface area contributed by atoms with Crippen molar-refractivity contribution in [3.63, 3.8) is 0 Å². The molecule has 4 nitrogen and oxygen atoms in total. The number of hydrogen-bond donors (Lipinski definition) is 0. The van der Waals surface area contributed by atoms with Crippen molar-refractivity contribution in [2.24, 2.45) is 0 Å². The molecule has 0 aliphatic heterocycles. The van der Waals surface area contributed by atoms with Crippen molar-refractivity contribution in [2.75, 3.05) is 0 Å². The summed E-state index contributed by atoms with van der Waals surface area (Å²) in [6, 6.07) is 16.5. The topological polar surface area (TPSA) is 48.3 Å². The SMILES string of the molecule is CC(=O)n1ccc2cc(C(=O)OCc3ccccc3)ccc21. The first kappa shape index (κ1) is 14.1. The second-order valence-corrected chi connectivity index (χ2v) is 5.04. The molecule has 3 aromatic rings.